The Balaban J connectivity index is 2.61. The van der Waals surface area contributed by atoms with E-state index in [1.54, 1.807) is 13.2 Å². The Hall–Kier alpha value is -1.91. The van der Waals surface area contributed by atoms with Gasteiger partial charge in [-0.25, -0.2) is 4.79 Å². The van der Waals surface area contributed by atoms with Gasteiger partial charge in [-0.1, -0.05) is 12.1 Å². The van der Waals surface area contributed by atoms with Crippen molar-refractivity contribution in [3.63, 3.8) is 0 Å². The van der Waals surface area contributed by atoms with Crippen molar-refractivity contribution in [3.05, 3.63) is 23.8 Å². The molecular formula is C13H20N2O3. The molecule has 0 atom stereocenters. The lowest BCUT2D eigenvalue weighted by atomic mass is 10.1. The molecule has 1 amide bonds. The van der Waals surface area contributed by atoms with Crippen LogP contribution in [0.4, 0.5) is 10.5 Å². The predicted octanol–water partition coefficient (Wildman–Crippen LogP) is 2.30. The van der Waals surface area contributed by atoms with Gasteiger partial charge in [-0.3, -0.25) is 0 Å². The fraction of sp³-hybridized carbons (Fsp3) is 0.462. The molecule has 0 aromatic heterocycles. The molecule has 5 heteroatoms. The van der Waals surface area contributed by atoms with Gasteiger partial charge in [0, 0.05) is 6.54 Å². The Morgan fingerprint density at radius 2 is 2.06 bits per heavy atom. The largest absolute Gasteiger partial charge is 0.495 e. The highest BCUT2D eigenvalue weighted by molar-refractivity contribution is 5.68. The molecule has 1 aromatic rings. The van der Waals surface area contributed by atoms with Gasteiger partial charge in [0.2, 0.25) is 0 Å². The molecule has 0 saturated heterocycles. The van der Waals surface area contributed by atoms with E-state index in [-0.39, 0.29) is 0 Å². The first-order chi connectivity index (χ1) is 8.33. The number of hydrogen-bond donors (Lipinski definition) is 2. The normalized spacial score (nSPS) is 10.9. The smallest absolute Gasteiger partial charge is 0.407 e. The third-order valence-corrected chi connectivity index (χ3v) is 2.20. The predicted molar refractivity (Wildman–Crippen MR) is 70.5 cm³/mol. The van der Waals surface area contributed by atoms with Crippen molar-refractivity contribution >= 4 is 11.8 Å². The highest BCUT2D eigenvalue weighted by Crippen LogP contribution is 2.24. The zero-order chi connectivity index (χ0) is 13.8. The molecule has 100 valence electrons. The Labute approximate surface area is 107 Å². The van der Waals surface area contributed by atoms with Gasteiger partial charge in [-0.15, -0.1) is 0 Å². The number of methoxy groups -OCH3 is 1. The molecule has 1 rings (SSSR count). The standard InChI is InChI=1S/C13H20N2O3/c1-13(2,3)18-12(16)15-8-9-6-5-7-10(17-4)11(9)14/h5-7H,8,14H2,1-4H3,(H,15,16). The molecule has 0 unspecified atom stereocenters. The molecule has 5 nitrogen and oxygen atoms in total. The second kappa shape index (κ2) is 5.62. The van der Waals surface area contributed by atoms with Gasteiger partial charge in [-0.2, -0.15) is 0 Å². The van der Waals surface area contributed by atoms with Crippen LogP contribution in [0.1, 0.15) is 26.3 Å². The SMILES string of the molecule is COc1cccc(CNC(=O)OC(C)(C)C)c1N. The average molecular weight is 252 g/mol. The molecular weight excluding hydrogens is 232 g/mol. The van der Waals surface area contributed by atoms with E-state index in [1.165, 1.54) is 0 Å². The lowest BCUT2D eigenvalue weighted by Crippen LogP contribution is -2.32. The number of rotatable bonds is 3. The molecule has 1 aromatic carbocycles. The minimum Gasteiger partial charge on any atom is -0.495 e. The van der Waals surface area contributed by atoms with Crippen LogP contribution in [-0.2, 0) is 11.3 Å². The summed E-state index contributed by atoms with van der Waals surface area (Å²) in [6.07, 6.45) is -0.468. The summed E-state index contributed by atoms with van der Waals surface area (Å²) >= 11 is 0. The summed E-state index contributed by atoms with van der Waals surface area (Å²) in [7, 11) is 1.55. The summed E-state index contributed by atoms with van der Waals surface area (Å²) < 4.78 is 10.2. The topological polar surface area (TPSA) is 73.6 Å². The van der Waals surface area contributed by atoms with Crippen LogP contribution in [0, 0.1) is 0 Å². The zero-order valence-electron chi connectivity index (χ0n) is 11.2. The molecule has 0 saturated carbocycles. The summed E-state index contributed by atoms with van der Waals surface area (Å²) in [6, 6.07) is 5.42. The second-order valence-electron chi connectivity index (χ2n) is 4.89. The van der Waals surface area contributed by atoms with Gasteiger partial charge in [0.25, 0.3) is 0 Å². The minimum atomic E-state index is -0.510. The Morgan fingerprint density at radius 3 is 2.61 bits per heavy atom. The lowest BCUT2D eigenvalue weighted by molar-refractivity contribution is 0.0523. The molecule has 0 bridgehead atoms. The van der Waals surface area contributed by atoms with Crippen LogP contribution in [-0.4, -0.2) is 18.8 Å². The summed E-state index contributed by atoms with van der Waals surface area (Å²) in [5.41, 5.74) is 6.70. The maximum absolute atomic E-state index is 11.5. The number of alkyl carbamates (subject to hydrolysis) is 1. The van der Waals surface area contributed by atoms with E-state index in [4.69, 9.17) is 15.2 Å². The third kappa shape index (κ3) is 4.16. The molecule has 0 aliphatic carbocycles. The number of nitrogens with two attached hydrogens (primary N) is 1. The number of nitrogens with one attached hydrogen (secondary N) is 1. The van der Waals surface area contributed by atoms with E-state index in [2.05, 4.69) is 5.32 Å². The fourth-order valence-corrected chi connectivity index (χ4v) is 1.40. The van der Waals surface area contributed by atoms with Crippen molar-refractivity contribution in [3.8, 4) is 5.75 Å². The average Bonchev–Trinajstić information content (AvgIpc) is 2.25. The van der Waals surface area contributed by atoms with E-state index >= 15 is 0 Å². The summed E-state index contributed by atoms with van der Waals surface area (Å²) in [5, 5.41) is 2.65. The van der Waals surface area contributed by atoms with Crippen molar-refractivity contribution < 1.29 is 14.3 Å². The van der Waals surface area contributed by atoms with Crippen LogP contribution >= 0.6 is 0 Å². The number of ether oxygens (including phenoxy) is 2. The number of carbonyl (C=O) groups is 1. The maximum atomic E-state index is 11.5. The van der Waals surface area contributed by atoms with Crippen LogP contribution in [0.5, 0.6) is 5.75 Å². The van der Waals surface area contributed by atoms with Crippen LogP contribution in [0.25, 0.3) is 0 Å². The summed E-state index contributed by atoms with van der Waals surface area (Å²) in [5.74, 6) is 0.596. The maximum Gasteiger partial charge on any atom is 0.407 e. The number of benzene rings is 1. The Morgan fingerprint density at radius 1 is 1.39 bits per heavy atom. The first kappa shape index (κ1) is 14.2. The highest BCUT2D eigenvalue weighted by atomic mass is 16.6. The number of nitrogen functional groups attached to an aromatic ring is 1. The van der Waals surface area contributed by atoms with E-state index < -0.39 is 11.7 Å². The van der Waals surface area contributed by atoms with Gasteiger partial charge in [0.1, 0.15) is 11.4 Å². The van der Waals surface area contributed by atoms with Crippen molar-refractivity contribution in [2.24, 2.45) is 0 Å². The molecule has 0 fully saturated rings. The monoisotopic (exact) mass is 252 g/mol. The summed E-state index contributed by atoms with van der Waals surface area (Å²) in [6.45, 7) is 5.74. The van der Waals surface area contributed by atoms with Gasteiger partial charge >= 0.3 is 6.09 Å². The Kier molecular flexibility index (Phi) is 4.42. The van der Waals surface area contributed by atoms with E-state index in [0.717, 1.165) is 5.56 Å². The Bertz CT molecular complexity index is 425. The lowest BCUT2D eigenvalue weighted by Gasteiger charge is -2.20. The van der Waals surface area contributed by atoms with Crippen LogP contribution < -0.4 is 15.8 Å². The van der Waals surface area contributed by atoms with Crippen molar-refractivity contribution in [2.45, 2.75) is 32.9 Å². The first-order valence-corrected chi connectivity index (χ1v) is 5.71. The minimum absolute atomic E-state index is 0.304. The highest BCUT2D eigenvalue weighted by Gasteiger charge is 2.16. The van der Waals surface area contributed by atoms with Crippen molar-refractivity contribution in [1.82, 2.24) is 5.32 Å². The molecule has 0 aliphatic rings. The van der Waals surface area contributed by atoms with Crippen LogP contribution in [0.15, 0.2) is 18.2 Å². The fourth-order valence-electron chi connectivity index (χ4n) is 1.40. The molecule has 3 N–H and O–H groups in total. The third-order valence-electron chi connectivity index (χ3n) is 2.20. The zero-order valence-corrected chi connectivity index (χ0v) is 11.2. The number of para-hydroxylation sites is 1. The molecule has 0 heterocycles. The number of carbonyl (C=O) groups excluding carboxylic acids is 1. The number of amides is 1. The van der Waals surface area contributed by atoms with Crippen LogP contribution in [0.3, 0.4) is 0 Å². The van der Waals surface area contributed by atoms with Gasteiger partial charge in [0.15, 0.2) is 0 Å². The van der Waals surface area contributed by atoms with Gasteiger partial charge in [0.05, 0.1) is 12.8 Å². The van der Waals surface area contributed by atoms with Gasteiger partial charge in [-0.05, 0) is 32.4 Å². The van der Waals surface area contributed by atoms with Crippen LogP contribution in [0.2, 0.25) is 0 Å². The summed E-state index contributed by atoms with van der Waals surface area (Å²) in [4.78, 5) is 11.5. The molecule has 0 radical (unpaired) electrons. The second-order valence-corrected chi connectivity index (χ2v) is 4.89. The number of hydrogen-bond acceptors (Lipinski definition) is 4. The quantitative estimate of drug-likeness (QED) is 0.809. The van der Waals surface area contributed by atoms with E-state index in [1.807, 2.05) is 32.9 Å². The van der Waals surface area contributed by atoms with Gasteiger partial charge < -0.3 is 20.5 Å². The van der Waals surface area contributed by atoms with Crippen molar-refractivity contribution in [1.29, 1.82) is 0 Å². The number of anilines is 1. The molecule has 0 spiro atoms. The molecule has 0 aliphatic heterocycles. The first-order valence-electron chi connectivity index (χ1n) is 5.71. The van der Waals surface area contributed by atoms with E-state index in [0.29, 0.717) is 18.0 Å². The van der Waals surface area contributed by atoms with Crippen molar-refractivity contribution in [2.75, 3.05) is 12.8 Å². The molecule has 18 heavy (non-hydrogen) atoms. The van der Waals surface area contributed by atoms with E-state index in [9.17, 15) is 4.79 Å².